The summed E-state index contributed by atoms with van der Waals surface area (Å²) in [6.07, 6.45) is 4.37. The first-order chi connectivity index (χ1) is 13.2. The van der Waals surface area contributed by atoms with Gasteiger partial charge in [0.05, 0.1) is 5.41 Å². The predicted octanol–water partition coefficient (Wildman–Crippen LogP) is 3.75. The zero-order valence-electron chi connectivity index (χ0n) is 15.8. The van der Waals surface area contributed by atoms with Crippen molar-refractivity contribution in [3.63, 3.8) is 0 Å². The Balaban J connectivity index is 1.23. The van der Waals surface area contributed by atoms with E-state index in [0.717, 1.165) is 38.3 Å². The summed E-state index contributed by atoms with van der Waals surface area (Å²) in [6.45, 7) is 3.32. The van der Waals surface area contributed by atoms with Crippen molar-refractivity contribution in [3.8, 4) is 0 Å². The highest BCUT2D eigenvalue weighted by molar-refractivity contribution is 5.91. The van der Waals surface area contributed by atoms with Gasteiger partial charge < -0.3 is 5.32 Å². The molecular formula is C24H28N2O. The third kappa shape index (κ3) is 3.19. The minimum atomic E-state index is -0.248. The Kier molecular flexibility index (Phi) is 4.28. The molecule has 3 nitrogen and oxygen atoms in total. The molecule has 140 valence electrons. The van der Waals surface area contributed by atoms with E-state index >= 15 is 0 Å². The van der Waals surface area contributed by atoms with Gasteiger partial charge in [0.1, 0.15) is 0 Å². The van der Waals surface area contributed by atoms with Gasteiger partial charge in [-0.3, -0.25) is 9.69 Å². The zero-order valence-corrected chi connectivity index (χ0v) is 15.8. The first-order valence-corrected chi connectivity index (χ1v) is 10.4. The molecule has 3 fully saturated rings. The van der Waals surface area contributed by atoms with E-state index in [0.29, 0.717) is 12.0 Å². The van der Waals surface area contributed by atoms with Gasteiger partial charge in [-0.2, -0.15) is 0 Å². The molecular weight excluding hydrogens is 332 g/mol. The van der Waals surface area contributed by atoms with E-state index < -0.39 is 0 Å². The Labute approximate surface area is 161 Å². The monoisotopic (exact) mass is 360 g/mol. The second-order valence-corrected chi connectivity index (χ2v) is 8.71. The van der Waals surface area contributed by atoms with Crippen LogP contribution in [0, 0.1) is 11.8 Å². The summed E-state index contributed by atoms with van der Waals surface area (Å²) in [7, 11) is 0. The third-order valence-electron chi connectivity index (χ3n) is 7.01. The van der Waals surface area contributed by atoms with E-state index in [4.69, 9.17) is 0 Å². The number of rotatable bonds is 5. The molecule has 1 heterocycles. The van der Waals surface area contributed by atoms with Crippen molar-refractivity contribution in [1.29, 1.82) is 0 Å². The largest absolute Gasteiger partial charge is 0.352 e. The van der Waals surface area contributed by atoms with Gasteiger partial charge in [0.25, 0.3) is 0 Å². The first kappa shape index (κ1) is 17.0. The van der Waals surface area contributed by atoms with Crippen LogP contribution < -0.4 is 5.32 Å². The van der Waals surface area contributed by atoms with E-state index in [1.54, 1.807) is 0 Å². The molecule has 0 aromatic heterocycles. The van der Waals surface area contributed by atoms with Crippen LogP contribution >= 0.6 is 0 Å². The molecule has 1 saturated heterocycles. The number of amides is 1. The van der Waals surface area contributed by atoms with Crippen LogP contribution in [0.25, 0.3) is 0 Å². The predicted molar refractivity (Wildman–Crippen MR) is 107 cm³/mol. The molecule has 3 heteroatoms. The summed E-state index contributed by atoms with van der Waals surface area (Å²) in [6, 6.07) is 21.4. The van der Waals surface area contributed by atoms with E-state index in [9.17, 15) is 4.79 Å². The average Bonchev–Trinajstić information content (AvgIpc) is 3.31. The number of carbonyl (C=O) groups excluding carboxylic acids is 1. The average molecular weight is 361 g/mol. The lowest BCUT2D eigenvalue weighted by Crippen LogP contribution is -2.44. The molecule has 1 amide bonds. The van der Waals surface area contributed by atoms with Crippen LogP contribution in [0.15, 0.2) is 60.7 Å². The molecule has 2 aliphatic carbocycles. The summed E-state index contributed by atoms with van der Waals surface area (Å²) in [5, 5.41) is 3.47. The zero-order chi connectivity index (χ0) is 18.3. The molecule has 1 aliphatic heterocycles. The molecule has 2 aromatic rings. The van der Waals surface area contributed by atoms with Gasteiger partial charge in [0.2, 0.25) is 5.91 Å². The molecule has 2 saturated carbocycles. The summed E-state index contributed by atoms with van der Waals surface area (Å²) in [5.41, 5.74) is 2.33. The lowest BCUT2D eigenvalue weighted by Gasteiger charge is -2.24. The van der Waals surface area contributed by atoms with Gasteiger partial charge >= 0.3 is 0 Å². The molecule has 3 aliphatic rings. The fourth-order valence-corrected chi connectivity index (χ4v) is 5.34. The highest BCUT2D eigenvalue weighted by atomic mass is 16.2. The maximum Gasteiger partial charge on any atom is 0.230 e. The molecule has 27 heavy (non-hydrogen) atoms. The van der Waals surface area contributed by atoms with E-state index in [1.807, 2.05) is 18.2 Å². The standard InChI is InChI=1S/C24H28N2O/c27-23(24(13-14-24)20-9-5-2-6-10-20)25-22-12-11-19-16-26(17-21(19)22)15-18-7-3-1-4-8-18/h1-10,19,21-22H,11-17H2,(H,25,27)/t19-,21?,22?/m0/s1. The maximum absolute atomic E-state index is 13.1. The van der Waals surface area contributed by atoms with Crippen LogP contribution in [-0.2, 0) is 16.8 Å². The Morgan fingerprint density at radius 2 is 1.67 bits per heavy atom. The van der Waals surface area contributed by atoms with Gasteiger partial charge in [-0.05, 0) is 48.6 Å². The van der Waals surface area contributed by atoms with Gasteiger partial charge in [0.15, 0.2) is 0 Å². The highest BCUT2D eigenvalue weighted by Gasteiger charge is 2.53. The number of nitrogens with one attached hydrogen (secondary N) is 1. The van der Waals surface area contributed by atoms with Gasteiger partial charge in [-0.1, -0.05) is 60.7 Å². The molecule has 0 spiro atoms. The highest BCUT2D eigenvalue weighted by Crippen LogP contribution is 2.49. The summed E-state index contributed by atoms with van der Waals surface area (Å²) < 4.78 is 0. The van der Waals surface area contributed by atoms with Crippen LogP contribution in [-0.4, -0.2) is 29.9 Å². The van der Waals surface area contributed by atoms with E-state index in [1.165, 1.54) is 24.1 Å². The summed E-state index contributed by atoms with van der Waals surface area (Å²) in [5.74, 6) is 1.62. The Bertz CT molecular complexity index is 800. The molecule has 0 radical (unpaired) electrons. The second-order valence-electron chi connectivity index (χ2n) is 8.71. The van der Waals surface area contributed by atoms with Crippen molar-refractivity contribution >= 4 is 5.91 Å². The van der Waals surface area contributed by atoms with Gasteiger partial charge in [-0.25, -0.2) is 0 Å². The van der Waals surface area contributed by atoms with Crippen LogP contribution in [0.1, 0.15) is 36.8 Å². The Morgan fingerprint density at radius 1 is 0.963 bits per heavy atom. The summed E-state index contributed by atoms with van der Waals surface area (Å²) >= 11 is 0. The number of nitrogens with zero attached hydrogens (tertiary/aromatic N) is 1. The number of carbonyl (C=O) groups is 1. The molecule has 0 bridgehead atoms. The Hall–Kier alpha value is -2.13. The van der Waals surface area contributed by atoms with E-state index in [-0.39, 0.29) is 11.3 Å². The second kappa shape index (κ2) is 6.79. The topological polar surface area (TPSA) is 32.3 Å². The minimum absolute atomic E-state index is 0.248. The molecule has 1 N–H and O–H groups in total. The van der Waals surface area contributed by atoms with Gasteiger partial charge in [0, 0.05) is 25.7 Å². The number of hydrogen-bond donors (Lipinski definition) is 1. The number of likely N-dealkylation sites (tertiary alicyclic amines) is 1. The Morgan fingerprint density at radius 3 is 2.37 bits per heavy atom. The fourth-order valence-electron chi connectivity index (χ4n) is 5.34. The van der Waals surface area contributed by atoms with Gasteiger partial charge in [-0.15, -0.1) is 0 Å². The van der Waals surface area contributed by atoms with Crippen molar-refractivity contribution in [3.05, 3.63) is 71.8 Å². The number of hydrogen-bond acceptors (Lipinski definition) is 2. The van der Waals surface area contributed by atoms with Crippen molar-refractivity contribution in [1.82, 2.24) is 10.2 Å². The van der Waals surface area contributed by atoms with Crippen molar-refractivity contribution < 1.29 is 4.79 Å². The quantitative estimate of drug-likeness (QED) is 0.881. The van der Waals surface area contributed by atoms with Crippen molar-refractivity contribution in [2.24, 2.45) is 11.8 Å². The van der Waals surface area contributed by atoms with Crippen LogP contribution in [0.3, 0.4) is 0 Å². The molecule has 2 unspecified atom stereocenters. The third-order valence-corrected chi connectivity index (χ3v) is 7.01. The number of benzene rings is 2. The fraction of sp³-hybridized carbons (Fsp3) is 0.458. The lowest BCUT2D eigenvalue weighted by atomic mass is 9.93. The SMILES string of the molecule is O=C(NC1CC[C@H]2CN(Cc3ccccc3)CC12)C1(c2ccccc2)CC1. The number of fused-ring (bicyclic) bond motifs is 1. The maximum atomic E-state index is 13.1. The minimum Gasteiger partial charge on any atom is -0.352 e. The van der Waals surface area contributed by atoms with Crippen molar-refractivity contribution in [2.45, 2.75) is 43.7 Å². The normalized spacial score (nSPS) is 28.7. The lowest BCUT2D eigenvalue weighted by molar-refractivity contribution is -0.124. The van der Waals surface area contributed by atoms with Crippen LogP contribution in [0.5, 0.6) is 0 Å². The van der Waals surface area contributed by atoms with Crippen LogP contribution in [0.2, 0.25) is 0 Å². The van der Waals surface area contributed by atoms with Crippen molar-refractivity contribution in [2.75, 3.05) is 13.1 Å². The van der Waals surface area contributed by atoms with Crippen LogP contribution in [0.4, 0.5) is 0 Å². The van der Waals surface area contributed by atoms with E-state index in [2.05, 4.69) is 52.7 Å². The molecule has 5 rings (SSSR count). The summed E-state index contributed by atoms with van der Waals surface area (Å²) in [4.78, 5) is 15.7. The molecule has 2 aromatic carbocycles. The molecule has 3 atom stereocenters. The first-order valence-electron chi connectivity index (χ1n) is 10.4. The smallest absolute Gasteiger partial charge is 0.230 e.